The van der Waals surface area contributed by atoms with E-state index in [4.69, 9.17) is 4.74 Å². The number of esters is 1. The lowest BCUT2D eigenvalue weighted by molar-refractivity contribution is -0.383. The smallest absolute Gasteiger partial charge is 0.359 e. The molecule has 1 heterocycles. The average Bonchev–Trinajstić information content (AvgIpc) is 2.79. The summed E-state index contributed by atoms with van der Waals surface area (Å²) >= 11 is 0. The summed E-state index contributed by atoms with van der Waals surface area (Å²) in [6.45, 7) is 1.72. The Hall–Kier alpha value is -4.08. The fourth-order valence-electron chi connectivity index (χ4n) is 3.17. The summed E-state index contributed by atoms with van der Waals surface area (Å²) in [4.78, 5) is 48.0. The standard InChI is InChI=1S/C22H22N4O6/c1-2-3-8-13-25-21(28)16-10-5-4-9-15(16)20(24-25)22(29)32-14-19(27)23-17-11-6-7-12-18(17)26(30)31/h4-7,9-12H,2-3,8,13-14H2,1H3,(H,23,27). The molecule has 10 nitrogen and oxygen atoms in total. The monoisotopic (exact) mass is 438 g/mol. The molecule has 0 saturated carbocycles. The van der Waals surface area contributed by atoms with Gasteiger partial charge in [-0.25, -0.2) is 9.48 Å². The maximum Gasteiger partial charge on any atom is 0.359 e. The number of anilines is 1. The van der Waals surface area contributed by atoms with Gasteiger partial charge in [0.15, 0.2) is 12.3 Å². The predicted molar refractivity (Wildman–Crippen MR) is 118 cm³/mol. The average molecular weight is 438 g/mol. The quantitative estimate of drug-likeness (QED) is 0.234. The molecule has 0 aliphatic carbocycles. The number of fused-ring (bicyclic) bond motifs is 1. The maximum absolute atomic E-state index is 12.7. The Morgan fingerprint density at radius 2 is 1.78 bits per heavy atom. The van der Waals surface area contributed by atoms with Gasteiger partial charge in [-0.3, -0.25) is 19.7 Å². The van der Waals surface area contributed by atoms with Crippen molar-refractivity contribution >= 4 is 34.0 Å². The van der Waals surface area contributed by atoms with Crippen LogP contribution in [0, 0.1) is 10.1 Å². The van der Waals surface area contributed by atoms with Gasteiger partial charge in [0.25, 0.3) is 17.2 Å². The van der Waals surface area contributed by atoms with Crippen LogP contribution in [0.3, 0.4) is 0 Å². The molecular weight excluding hydrogens is 416 g/mol. The first-order valence-corrected chi connectivity index (χ1v) is 10.1. The number of aromatic nitrogens is 2. The molecule has 0 spiro atoms. The Labute approximate surface area is 183 Å². The van der Waals surface area contributed by atoms with Crippen molar-refractivity contribution < 1.29 is 19.2 Å². The SMILES string of the molecule is CCCCCn1nc(C(=O)OCC(=O)Nc2ccccc2[N+](=O)[O-])c2ccccc2c1=O. The number of carbonyl (C=O) groups excluding carboxylic acids is 2. The predicted octanol–water partition coefficient (Wildman–Crippen LogP) is 3.29. The summed E-state index contributed by atoms with van der Waals surface area (Å²) in [5, 5.41) is 18.3. The number of carbonyl (C=O) groups is 2. The Kier molecular flexibility index (Phi) is 7.27. The van der Waals surface area contributed by atoms with Crippen molar-refractivity contribution in [3.63, 3.8) is 0 Å². The summed E-state index contributed by atoms with van der Waals surface area (Å²) < 4.78 is 6.33. The normalized spacial score (nSPS) is 10.7. The van der Waals surface area contributed by atoms with Crippen LogP contribution in [0.15, 0.2) is 53.3 Å². The molecule has 1 amide bonds. The number of ether oxygens (including phenoxy) is 1. The maximum atomic E-state index is 12.7. The summed E-state index contributed by atoms with van der Waals surface area (Å²) in [5.74, 6) is -1.61. The van der Waals surface area contributed by atoms with Gasteiger partial charge in [-0.1, -0.05) is 50.1 Å². The minimum absolute atomic E-state index is 0.00778. The molecule has 32 heavy (non-hydrogen) atoms. The van der Waals surface area contributed by atoms with Gasteiger partial charge < -0.3 is 10.1 Å². The van der Waals surface area contributed by atoms with Crippen molar-refractivity contribution in [1.29, 1.82) is 0 Å². The van der Waals surface area contributed by atoms with E-state index in [2.05, 4.69) is 10.4 Å². The van der Waals surface area contributed by atoms with Crippen LogP contribution in [-0.2, 0) is 16.1 Å². The number of nitrogens with one attached hydrogen (secondary N) is 1. The first-order valence-electron chi connectivity index (χ1n) is 10.1. The van der Waals surface area contributed by atoms with Gasteiger partial charge >= 0.3 is 5.97 Å². The zero-order chi connectivity index (χ0) is 23.1. The molecule has 0 radical (unpaired) electrons. The highest BCUT2D eigenvalue weighted by molar-refractivity contribution is 6.03. The van der Waals surface area contributed by atoms with Gasteiger partial charge in [0, 0.05) is 18.0 Å². The molecular formula is C22H22N4O6. The molecule has 3 rings (SSSR count). The second-order valence-corrected chi connectivity index (χ2v) is 7.03. The van der Waals surface area contributed by atoms with Gasteiger partial charge in [-0.05, 0) is 18.6 Å². The van der Waals surface area contributed by atoms with Crippen molar-refractivity contribution in [1.82, 2.24) is 9.78 Å². The number of nitro groups is 1. The van der Waals surface area contributed by atoms with E-state index in [-0.39, 0.29) is 22.6 Å². The van der Waals surface area contributed by atoms with Gasteiger partial charge in [0.2, 0.25) is 0 Å². The molecule has 10 heteroatoms. The van der Waals surface area contributed by atoms with Crippen LogP contribution in [0.25, 0.3) is 10.8 Å². The van der Waals surface area contributed by atoms with Gasteiger partial charge in [0.1, 0.15) is 5.69 Å². The van der Waals surface area contributed by atoms with Crippen LogP contribution in [0.4, 0.5) is 11.4 Å². The first kappa shape index (κ1) is 22.6. The second kappa shape index (κ2) is 10.3. The van der Waals surface area contributed by atoms with E-state index in [1.165, 1.54) is 28.9 Å². The Morgan fingerprint density at radius 1 is 1.09 bits per heavy atom. The fraction of sp³-hybridized carbons (Fsp3) is 0.273. The van der Waals surface area contributed by atoms with Crippen LogP contribution in [0.5, 0.6) is 0 Å². The molecule has 166 valence electrons. The van der Waals surface area contributed by atoms with Crippen LogP contribution >= 0.6 is 0 Å². The molecule has 0 bridgehead atoms. The topological polar surface area (TPSA) is 133 Å². The van der Waals surface area contributed by atoms with Crippen molar-refractivity contribution in [2.75, 3.05) is 11.9 Å². The van der Waals surface area contributed by atoms with Crippen molar-refractivity contribution in [3.8, 4) is 0 Å². The lowest BCUT2D eigenvalue weighted by atomic mass is 10.1. The number of para-hydroxylation sites is 2. The highest BCUT2D eigenvalue weighted by atomic mass is 16.6. The van der Waals surface area contributed by atoms with E-state index >= 15 is 0 Å². The van der Waals surface area contributed by atoms with Crippen LogP contribution in [-0.4, -0.2) is 33.2 Å². The molecule has 0 aliphatic rings. The highest BCUT2D eigenvalue weighted by Gasteiger charge is 2.20. The Balaban J connectivity index is 1.78. The third kappa shape index (κ3) is 5.15. The van der Waals surface area contributed by atoms with Gasteiger partial charge in [-0.2, -0.15) is 5.10 Å². The van der Waals surface area contributed by atoms with Crippen LogP contribution < -0.4 is 10.9 Å². The zero-order valence-corrected chi connectivity index (χ0v) is 17.4. The summed E-state index contributed by atoms with van der Waals surface area (Å²) in [5.41, 5.74) is -0.664. The van der Waals surface area contributed by atoms with E-state index < -0.39 is 23.4 Å². The van der Waals surface area contributed by atoms with E-state index in [9.17, 15) is 24.5 Å². The number of nitrogens with zero attached hydrogens (tertiary/aromatic N) is 3. The molecule has 0 aliphatic heterocycles. The van der Waals surface area contributed by atoms with E-state index in [1.807, 2.05) is 6.92 Å². The highest BCUT2D eigenvalue weighted by Crippen LogP contribution is 2.23. The van der Waals surface area contributed by atoms with Crippen molar-refractivity contribution in [2.24, 2.45) is 0 Å². The number of hydrogen-bond acceptors (Lipinski definition) is 7. The summed E-state index contributed by atoms with van der Waals surface area (Å²) in [7, 11) is 0. The number of unbranched alkanes of at least 4 members (excludes halogenated alkanes) is 2. The second-order valence-electron chi connectivity index (χ2n) is 7.03. The Morgan fingerprint density at radius 3 is 2.50 bits per heavy atom. The van der Waals surface area contributed by atoms with Crippen LogP contribution in [0.2, 0.25) is 0 Å². The van der Waals surface area contributed by atoms with Gasteiger partial charge in [-0.15, -0.1) is 0 Å². The first-order chi connectivity index (χ1) is 15.4. The lowest BCUT2D eigenvalue weighted by Gasteiger charge is -2.11. The molecule has 0 atom stereocenters. The fourth-order valence-corrected chi connectivity index (χ4v) is 3.17. The third-order valence-corrected chi connectivity index (χ3v) is 4.74. The number of nitro benzene ring substituents is 1. The molecule has 0 fully saturated rings. The van der Waals surface area contributed by atoms with E-state index in [0.717, 1.165) is 19.3 Å². The molecule has 0 saturated heterocycles. The summed E-state index contributed by atoms with van der Waals surface area (Å²) in [6.07, 6.45) is 2.60. The number of amides is 1. The Bertz CT molecular complexity index is 1220. The van der Waals surface area contributed by atoms with Gasteiger partial charge in [0.05, 0.1) is 10.3 Å². The molecule has 1 N–H and O–H groups in total. The zero-order valence-electron chi connectivity index (χ0n) is 17.4. The molecule has 1 aromatic heterocycles. The lowest BCUT2D eigenvalue weighted by Crippen LogP contribution is -2.28. The largest absolute Gasteiger partial charge is 0.451 e. The number of benzene rings is 2. The number of hydrogen-bond donors (Lipinski definition) is 1. The molecule has 2 aromatic carbocycles. The minimum Gasteiger partial charge on any atom is -0.451 e. The number of aryl methyl sites for hydroxylation is 1. The minimum atomic E-state index is -0.872. The third-order valence-electron chi connectivity index (χ3n) is 4.74. The summed E-state index contributed by atoms with van der Waals surface area (Å²) in [6, 6.07) is 12.2. The van der Waals surface area contributed by atoms with E-state index in [0.29, 0.717) is 17.3 Å². The van der Waals surface area contributed by atoms with E-state index in [1.54, 1.807) is 24.3 Å². The van der Waals surface area contributed by atoms with Crippen molar-refractivity contribution in [2.45, 2.75) is 32.7 Å². The molecule has 3 aromatic rings. The molecule has 0 unspecified atom stereocenters. The number of rotatable bonds is 9. The van der Waals surface area contributed by atoms with Crippen molar-refractivity contribution in [3.05, 3.63) is 74.7 Å². The van der Waals surface area contributed by atoms with Crippen LogP contribution in [0.1, 0.15) is 36.7 Å².